The van der Waals surface area contributed by atoms with Gasteiger partial charge in [0.15, 0.2) is 11.6 Å². The molecule has 6 nitrogen and oxygen atoms in total. The molecule has 11 aromatic carbocycles. The van der Waals surface area contributed by atoms with Gasteiger partial charge in [-0.3, -0.25) is 4.57 Å². The molecule has 3 aliphatic carbocycles. The summed E-state index contributed by atoms with van der Waals surface area (Å²) in [5.74, 6) is 1.73. The lowest BCUT2D eigenvalue weighted by molar-refractivity contribution is 0.663. The molecule has 3 aliphatic rings. The Morgan fingerprint density at radius 3 is 0.929 bits per heavy atom. The van der Waals surface area contributed by atoms with Crippen molar-refractivity contribution < 1.29 is 0 Å². The van der Waals surface area contributed by atoms with Crippen molar-refractivity contribution in [3.05, 3.63) is 264 Å². The van der Waals surface area contributed by atoms with Crippen molar-refractivity contribution in [2.24, 2.45) is 0 Å². The molecule has 0 bridgehead atoms. The van der Waals surface area contributed by atoms with Crippen LogP contribution in [-0.2, 0) is 16.2 Å². The first-order valence-electron chi connectivity index (χ1n) is 29.5. The Balaban J connectivity index is 0.963. The SMILES string of the molecule is CC1(C)c2ccccc2-c2ccc3c4ccccc4n(-c4nc(-c5ccccc5-n5c6ccccc6c6ccc7c(c65)C(C)(C)c5ccccc5-7)nc(-c5ccccc5-n5c6ccccc6c6ccc7c(c65)C(C)(C)c5ccccc5-7)n4)c3c21. The zero-order chi connectivity index (χ0) is 56.1. The van der Waals surface area contributed by atoms with Crippen LogP contribution in [0.1, 0.15) is 74.9 Å². The van der Waals surface area contributed by atoms with Crippen molar-refractivity contribution in [1.29, 1.82) is 0 Å². The summed E-state index contributed by atoms with van der Waals surface area (Å²) in [7, 11) is 0. The van der Waals surface area contributed by atoms with Crippen LogP contribution in [0, 0.1) is 0 Å². The number of aromatic nitrogens is 6. The number of nitrogens with zero attached hydrogens (tertiary/aromatic N) is 6. The van der Waals surface area contributed by atoms with Gasteiger partial charge in [0.1, 0.15) is 0 Å². The minimum absolute atomic E-state index is 0.279. The second-order valence-electron chi connectivity index (χ2n) is 25.0. The van der Waals surface area contributed by atoms with E-state index >= 15 is 0 Å². The van der Waals surface area contributed by atoms with Gasteiger partial charge in [0.25, 0.3) is 0 Å². The molecule has 0 N–H and O–H groups in total. The molecule has 0 spiro atoms. The summed E-state index contributed by atoms with van der Waals surface area (Å²) in [4.78, 5) is 17.6. The fourth-order valence-corrected chi connectivity index (χ4v) is 16.1. The van der Waals surface area contributed by atoms with E-state index in [0.29, 0.717) is 17.6 Å². The molecule has 0 amide bonds. The second-order valence-corrected chi connectivity index (χ2v) is 25.0. The van der Waals surface area contributed by atoms with Crippen molar-refractivity contribution in [3.8, 4) is 73.5 Å². The summed E-state index contributed by atoms with van der Waals surface area (Å²) < 4.78 is 7.38. The van der Waals surface area contributed by atoms with E-state index in [4.69, 9.17) is 15.0 Å². The number of rotatable bonds is 5. The van der Waals surface area contributed by atoms with Gasteiger partial charge in [0.05, 0.1) is 44.5 Å². The van der Waals surface area contributed by atoms with Gasteiger partial charge in [0.2, 0.25) is 5.95 Å². The maximum Gasteiger partial charge on any atom is 0.238 e. The van der Waals surface area contributed by atoms with E-state index in [-0.39, 0.29) is 16.2 Å². The van der Waals surface area contributed by atoms with Crippen LogP contribution in [0.15, 0.2) is 231 Å². The Kier molecular flexibility index (Phi) is 9.33. The van der Waals surface area contributed by atoms with Crippen LogP contribution >= 0.6 is 0 Å². The van der Waals surface area contributed by atoms with E-state index in [2.05, 4.69) is 286 Å². The maximum atomic E-state index is 5.86. The predicted molar refractivity (Wildman–Crippen MR) is 346 cm³/mol. The number of hydrogen-bond acceptors (Lipinski definition) is 3. The van der Waals surface area contributed by atoms with Gasteiger partial charge >= 0.3 is 0 Å². The molecule has 398 valence electrons. The van der Waals surface area contributed by atoms with Gasteiger partial charge in [-0.25, -0.2) is 4.98 Å². The van der Waals surface area contributed by atoms with E-state index in [0.717, 1.165) is 50.0 Å². The number of para-hydroxylation sites is 5. The monoisotopic (exact) mass is 1080 g/mol. The summed E-state index contributed by atoms with van der Waals surface area (Å²) in [6, 6.07) is 85.0. The molecule has 0 aliphatic heterocycles. The molecule has 18 rings (SSSR count). The molecule has 0 atom stereocenters. The smallest absolute Gasteiger partial charge is 0.238 e. The molecule has 84 heavy (non-hydrogen) atoms. The van der Waals surface area contributed by atoms with Gasteiger partial charge in [-0.15, -0.1) is 0 Å². The van der Waals surface area contributed by atoms with E-state index in [1.165, 1.54) is 105 Å². The number of fused-ring (bicyclic) bond motifs is 21. The number of hydrogen-bond donors (Lipinski definition) is 0. The standard InChI is InChI=1S/C78H56N6/c1-76(2)59-31-15-7-23-45(59)51-39-42-54-48-26-10-18-34-62(48)82(70(54)67(51)76)65-37-21-13-29-57(65)73-79-74(81-75(80-73)84-64-36-20-12-28-50(64)56-44-41-53-47-25-9-17-33-61(47)78(5,6)69(53)72(56)84)58-30-14-22-38-66(58)83-63-35-19-11-27-49(63)55-43-40-52-46-24-8-16-32-60(46)77(3,4)68(52)71(55)83/h7-44H,1-6H3. The average Bonchev–Trinajstić information content (AvgIpc) is 1.71. The van der Waals surface area contributed by atoms with Crippen LogP contribution in [0.4, 0.5) is 0 Å². The van der Waals surface area contributed by atoms with E-state index in [1.54, 1.807) is 0 Å². The normalized spacial score (nSPS) is 14.8. The van der Waals surface area contributed by atoms with Gasteiger partial charge in [-0.1, -0.05) is 230 Å². The average molecular weight is 1080 g/mol. The largest absolute Gasteiger partial charge is 0.308 e. The summed E-state index contributed by atoms with van der Waals surface area (Å²) >= 11 is 0. The van der Waals surface area contributed by atoms with Gasteiger partial charge < -0.3 is 9.13 Å². The van der Waals surface area contributed by atoms with Crippen molar-refractivity contribution >= 4 is 65.4 Å². The zero-order valence-electron chi connectivity index (χ0n) is 47.6. The minimum atomic E-state index is -0.329. The van der Waals surface area contributed by atoms with Gasteiger partial charge in [0, 0.05) is 59.7 Å². The summed E-state index contributed by atoms with van der Waals surface area (Å²) in [5, 5.41) is 7.16. The summed E-state index contributed by atoms with van der Waals surface area (Å²) in [6.07, 6.45) is 0. The lowest BCUT2D eigenvalue weighted by Gasteiger charge is -2.24. The van der Waals surface area contributed by atoms with Gasteiger partial charge in [-0.05, 0) is 109 Å². The molecule has 0 radical (unpaired) electrons. The van der Waals surface area contributed by atoms with E-state index in [1.807, 2.05) is 0 Å². The van der Waals surface area contributed by atoms with Crippen molar-refractivity contribution in [2.45, 2.75) is 57.8 Å². The molecular formula is C78H56N6. The molecule has 4 heterocycles. The molecule has 6 heteroatoms. The van der Waals surface area contributed by atoms with Crippen LogP contribution in [0.5, 0.6) is 0 Å². The molecule has 4 aromatic heterocycles. The summed E-state index contributed by atoms with van der Waals surface area (Å²) in [5.41, 5.74) is 25.3. The summed E-state index contributed by atoms with van der Waals surface area (Å²) in [6.45, 7) is 14.3. The highest BCUT2D eigenvalue weighted by molar-refractivity contribution is 6.16. The Hall–Kier alpha value is -10.2. The Morgan fingerprint density at radius 2 is 0.548 bits per heavy atom. The van der Waals surface area contributed by atoms with Crippen LogP contribution in [0.25, 0.3) is 139 Å². The highest BCUT2D eigenvalue weighted by Gasteiger charge is 2.42. The van der Waals surface area contributed by atoms with Crippen molar-refractivity contribution in [1.82, 2.24) is 28.7 Å². The predicted octanol–water partition coefficient (Wildman–Crippen LogP) is 19.4. The first-order chi connectivity index (χ1) is 41.0. The molecule has 15 aromatic rings. The van der Waals surface area contributed by atoms with Crippen LogP contribution < -0.4 is 0 Å². The van der Waals surface area contributed by atoms with Crippen molar-refractivity contribution in [2.75, 3.05) is 0 Å². The molecule has 0 unspecified atom stereocenters. The molecular weight excluding hydrogens is 1020 g/mol. The van der Waals surface area contributed by atoms with Gasteiger partial charge in [-0.2, -0.15) is 9.97 Å². The van der Waals surface area contributed by atoms with Crippen LogP contribution in [0.3, 0.4) is 0 Å². The Morgan fingerprint density at radius 1 is 0.250 bits per heavy atom. The lowest BCUT2D eigenvalue weighted by atomic mass is 9.81. The third kappa shape index (κ3) is 6.01. The molecule has 0 saturated heterocycles. The molecule has 0 fully saturated rings. The topological polar surface area (TPSA) is 53.5 Å². The fraction of sp³-hybridized carbons (Fsp3) is 0.115. The second kappa shape index (κ2) is 16.5. The quantitative estimate of drug-likeness (QED) is 0.173. The maximum absolute atomic E-state index is 5.86. The first kappa shape index (κ1) is 47.5. The first-order valence-corrected chi connectivity index (χ1v) is 29.5. The van der Waals surface area contributed by atoms with E-state index < -0.39 is 0 Å². The zero-order valence-corrected chi connectivity index (χ0v) is 47.6. The fourth-order valence-electron chi connectivity index (χ4n) is 16.1. The third-order valence-corrected chi connectivity index (χ3v) is 19.7. The van der Waals surface area contributed by atoms with E-state index in [9.17, 15) is 0 Å². The van der Waals surface area contributed by atoms with Crippen molar-refractivity contribution in [3.63, 3.8) is 0 Å². The highest BCUT2D eigenvalue weighted by Crippen LogP contribution is 2.57. The Bertz CT molecular complexity index is 5180. The number of benzene rings is 11. The van der Waals surface area contributed by atoms with Crippen LogP contribution in [0.2, 0.25) is 0 Å². The lowest BCUT2D eigenvalue weighted by Crippen LogP contribution is -2.17. The third-order valence-electron chi connectivity index (χ3n) is 19.7. The highest BCUT2D eigenvalue weighted by atomic mass is 15.2. The molecule has 0 saturated carbocycles. The van der Waals surface area contributed by atoms with Crippen LogP contribution in [-0.4, -0.2) is 28.7 Å². The Labute approximate surface area is 486 Å². The minimum Gasteiger partial charge on any atom is -0.308 e.